The molecule has 4 aliphatic rings. The van der Waals surface area contributed by atoms with E-state index in [2.05, 4.69) is 0 Å². The first-order valence-electron chi connectivity index (χ1n) is 11.8. The number of rotatable bonds is 5. The van der Waals surface area contributed by atoms with Crippen LogP contribution in [0, 0.1) is 16.7 Å². The van der Waals surface area contributed by atoms with Gasteiger partial charge in [-0.1, -0.05) is 32.0 Å². The molecule has 4 fully saturated rings. The van der Waals surface area contributed by atoms with Crippen molar-refractivity contribution < 1.29 is 22.8 Å². The van der Waals surface area contributed by atoms with E-state index in [-0.39, 0.29) is 47.4 Å². The van der Waals surface area contributed by atoms with E-state index < -0.39 is 15.4 Å². The van der Waals surface area contributed by atoms with Gasteiger partial charge in [0.15, 0.2) is 0 Å². The molecule has 0 radical (unpaired) electrons. The average Bonchev–Trinajstić information content (AvgIpc) is 3.28. The minimum Gasteiger partial charge on any atom is -0.312 e. The van der Waals surface area contributed by atoms with Crippen LogP contribution in [0.1, 0.15) is 46.0 Å². The van der Waals surface area contributed by atoms with Gasteiger partial charge in [-0.25, -0.2) is 22.4 Å². The second-order valence-corrected chi connectivity index (χ2v) is 12.5. The van der Waals surface area contributed by atoms with Gasteiger partial charge in [-0.05, 0) is 49.1 Å². The van der Waals surface area contributed by atoms with Crippen LogP contribution >= 0.6 is 0 Å². The van der Waals surface area contributed by atoms with Crippen molar-refractivity contribution in [3.63, 3.8) is 0 Å². The third-order valence-electron chi connectivity index (χ3n) is 8.83. The number of carbonyl (C=O) groups excluding carboxylic acids is 3. The number of hydrogen-bond acceptors (Lipinski definition) is 5. The molecule has 2 unspecified atom stereocenters. The van der Waals surface area contributed by atoms with Gasteiger partial charge in [0.2, 0.25) is 10.0 Å². The van der Waals surface area contributed by atoms with E-state index in [0.717, 1.165) is 6.42 Å². The maximum absolute atomic E-state index is 13.4. The molecule has 2 saturated heterocycles. The van der Waals surface area contributed by atoms with E-state index in [1.54, 1.807) is 29.2 Å². The first-order chi connectivity index (χ1) is 15.6. The SMILES string of the molecule is CC1(C)C2CCC1(CS(=O)(=O)N1CCC(N3CC(=O)N(c4ccccc4)C3=O)CC1)C(=O)C2. The molecule has 33 heavy (non-hydrogen) atoms. The lowest BCUT2D eigenvalue weighted by Crippen LogP contribution is -2.51. The zero-order valence-corrected chi connectivity index (χ0v) is 20.0. The smallest absolute Gasteiger partial charge is 0.312 e. The van der Waals surface area contributed by atoms with E-state index in [0.29, 0.717) is 44.5 Å². The molecule has 0 N–H and O–H groups in total. The fraction of sp³-hybridized carbons (Fsp3) is 0.625. The van der Waals surface area contributed by atoms with Crippen LogP contribution in [-0.4, -0.2) is 66.8 Å². The van der Waals surface area contributed by atoms with Gasteiger partial charge in [0.25, 0.3) is 5.91 Å². The molecule has 2 saturated carbocycles. The Morgan fingerprint density at radius 2 is 1.67 bits per heavy atom. The Kier molecular flexibility index (Phi) is 5.21. The predicted molar refractivity (Wildman–Crippen MR) is 123 cm³/mol. The second kappa shape index (κ2) is 7.63. The first-order valence-corrected chi connectivity index (χ1v) is 13.4. The highest BCUT2D eigenvalue weighted by Crippen LogP contribution is 2.64. The van der Waals surface area contributed by atoms with Crippen molar-refractivity contribution in [1.29, 1.82) is 0 Å². The molecule has 1 aromatic rings. The number of benzene rings is 1. The Hall–Kier alpha value is -2.26. The zero-order valence-electron chi connectivity index (χ0n) is 19.2. The number of carbonyl (C=O) groups is 3. The van der Waals surface area contributed by atoms with E-state index in [9.17, 15) is 22.8 Å². The van der Waals surface area contributed by atoms with Crippen molar-refractivity contribution in [2.45, 2.75) is 52.0 Å². The third-order valence-corrected chi connectivity index (χ3v) is 10.8. The van der Waals surface area contributed by atoms with E-state index in [4.69, 9.17) is 0 Å². The summed E-state index contributed by atoms with van der Waals surface area (Å²) in [4.78, 5) is 41.1. The van der Waals surface area contributed by atoms with Gasteiger partial charge in [0.1, 0.15) is 12.3 Å². The molecule has 2 heterocycles. The molecule has 178 valence electrons. The Labute approximate surface area is 195 Å². The number of hydrogen-bond donors (Lipinski definition) is 0. The van der Waals surface area contributed by atoms with Crippen LogP contribution in [0.3, 0.4) is 0 Å². The number of imide groups is 1. The number of fused-ring (bicyclic) bond motifs is 2. The number of para-hydroxylation sites is 1. The highest BCUT2D eigenvalue weighted by Gasteiger charge is 2.65. The van der Waals surface area contributed by atoms with Gasteiger partial charge < -0.3 is 4.90 Å². The summed E-state index contributed by atoms with van der Waals surface area (Å²) in [5.41, 5.74) is -0.521. The molecule has 9 heteroatoms. The Balaban J connectivity index is 1.26. The van der Waals surface area contributed by atoms with E-state index in [1.165, 1.54) is 9.21 Å². The number of amides is 3. The van der Waals surface area contributed by atoms with Crippen LogP contribution in [0.5, 0.6) is 0 Å². The molecule has 2 atom stereocenters. The number of Topliss-reactive ketones (excluding diaryl/α,β-unsaturated/α-hetero) is 1. The van der Waals surface area contributed by atoms with Crippen LogP contribution in [0.2, 0.25) is 0 Å². The number of anilines is 1. The average molecular weight is 474 g/mol. The van der Waals surface area contributed by atoms with Crippen LogP contribution in [-0.2, 0) is 19.6 Å². The third kappa shape index (κ3) is 3.34. The molecule has 3 amide bonds. The van der Waals surface area contributed by atoms with Crippen LogP contribution in [0.15, 0.2) is 30.3 Å². The summed E-state index contributed by atoms with van der Waals surface area (Å²) in [5.74, 6) is -0.00431. The minimum absolute atomic E-state index is 0.0122. The van der Waals surface area contributed by atoms with E-state index >= 15 is 0 Å². The summed E-state index contributed by atoms with van der Waals surface area (Å²) in [5, 5.41) is 0. The minimum atomic E-state index is -3.61. The first kappa shape index (κ1) is 22.5. The van der Waals surface area contributed by atoms with Gasteiger partial charge in [-0.15, -0.1) is 0 Å². The number of piperidine rings is 1. The highest BCUT2D eigenvalue weighted by atomic mass is 32.2. The number of sulfonamides is 1. The van der Waals surface area contributed by atoms with Crippen molar-refractivity contribution in [2.75, 3.05) is 30.3 Å². The van der Waals surface area contributed by atoms with Crippen molar-refractivity contribution in [2.24, 2.45) is 16.7 Å². The molecule has 2 bridgehead atoms. The lowest BCUT2D eigenvalue weighted by Gasteiger charge is -2.40. The molecule has 0 aromatic heterocycles. The van der Waals surface area contributed by atoms with Crippen LogP contribution in [0.25, 0.3) is 0 Å². The summed E-state index contributed by atoms with van der Waals surface area (Å²) in [6.45, 7) is 4.70. The fourth-order valence-electron chi connectivity index (χ4n) is 6.58. The zero-order chi connectivity index (χ0) is 23.6. The molecule has 8 nitrogen and oxygen atoms in total. The normalized spacial score (nSPS) is 30.6. The molecule has 2 aliphatic heterocycles. The summed E-state index contributed by atoms with van der Waals surface area (Å²) >= 11 is 0. The summed E-state index contributed by atoms with van der Waals surface area (Å²) in [6.07, 6.45) is 3.02. The predicted octanol–water partition coefficient (Wildman–Crippen LogP) is 2.64. The van der Waals surface area contributed by atoms with Gasteiger partial charge in [0, 0.05) is 31.0 Å². The monoisotopic (exact) mass is 473 g/mol. The quantitative estimate of drug-likeness (QED) is 0.613. The molecule has 0 spiro atoms. The fourth-order valence-corrected chi connectivity index (χ4v) is 8.83. The van der Waals surface area contributed by atoms with Crippen molar-refractivity contribution in [3.05, 3.63) is 30.3 Å². The molecule has 5 rings (SSSR count). The molecular weight excluding hydrogens is 442 g/mol. The standard InChI is InChI=1S/C24H31N3O5S/c1-23(2)17-8-11-24(23,20(28)14-17)16-33(31,32)25-12-9-18(10-13-25)26-15-21(29)27(22(26)30)19-6-4-3-5-7-19/h3-7,17-18H,8-16H2,1-2H3. The van der Waals surface area contributed by atoms with Gasteiger partial charge in [-0.3, -0.25) is 9.59 Å². The lowest BCUT2D eigenvalue weighted by molar-refractivity contribution is -0.128. The Morgan fingerprint density at radius 3 is 2.24 bits per heavy atom. The van der Waals surface area contributed by atoms with Gasteiger partial charge in [0.05, 0.1) is 11.4 Å². The summed E-state index contributed by atoms with van der Waals surface area (Å²) in [6, 6.07) is 8.32. The van der Waals surface area contributed by atoms with Crippen LogP contribution in [0.4, 0.5) is 10.5 Å². The highest BCUT2D eigenvalue weighted by molar-refractivity contribution is 7.89. The summed E-state index contributed by atoms with van der Waals surface area (Å²) < 4.78 is 28.2. The van der Waals surface area contributed by atoms with Crippen molar-refractivity contribution in [3.8, 4) is 0 Å². The Bertz CT molecular complexity index is 1090. The molecular formula is C24H31N3O5S. The number of nitrogens with zero attached hydrogens (tertiary/aromatic N) is 3. The van der Waals surface area contributed by atoms with Gasteiger partial charge >= 0.3 is 6.03 Å². The summed E-state index contributed by atoms with van der Waals surface area (Å²) in [7, 11) is -3.61. The topological polar surface area (TPSA) is 95.1 Å². The van der Waals surface area contributed by atoms with Crippen molar-refractivity contribution in [1.82, 2.24) is 9.21 Å². The molecule has 1 aromatic carbocycles. The maximum atomic E-state index is 13.4. The van der Waals surface area contributed by atoms with Crippen LogP contribution < -0.4 is 4.90 Å². The number of urea groups is 1. The van der Waals surface area contributed by atoms with E-state index in [1.807, 2.05) is 19.9 Å². The van der Waals surface area contributed by atoms with Gasteiger partial charge in [-0.2, -0.15) is 0 Å². The largest absolute Gasteiger partial charge is 0.332 e. The molecule has 2 aliphatic carbocycles. The Morgan fingerprint density at radius 1 is 1.00 bits per heavy atom. The second-order valence-electron chi connectivity index (χ2n) is 10.5. The van der Waals surface area contributed by atoms with Crippen molar-refractivity contribution >= 4 is 33.4 Å². The number of ketones is 1. The maximum Gasteiger partial charge on any atom is 0.332 e. The lowest BCUT2D eigenvalue weighted by atomic mass is 9.70.